The highest BCUT2D eigenvalue weighted by molar-refractivity contribution is 6.30. The summed E-state index contributed by atoms with van der Waals surface area (Å²) in [4.78, 5) is 28.6. The molecule has 0 bridgehead atoms. The van der Waals surface area contributed by atoms with Crippen LogP contribution in [0.25, 0.3) is 0 Å². The van der Waals surface area contributed by atoms with Gasteiger partial charge in [-0.05, 0) is 31.5 Å². The van der Waals surface area contributed by atoms with Crippen LogP contribution in [0.4, 0.5) is 4.79 Å². The molecule has 130 valence electrons. The van der Waals surface area contributed by atoms with Crippen molar-refractivity contribution in [2.45, 2.75) is 19.9 Å². The minimum Gasteiger partial charge on any atom is -0.357 e. The molecule has 0 radical (unpaired) electrons. The second-order valence-electron chi connectivity index (χ2n) is 5.38. The Labute approximate surface area is 146 Å². The van der Waals surface area contributed by atoms with Crippen molar-refractivity contribution in [2.24, 2.45) is 4.99 Å². The fourth-order valence-corrected chi connectivity index (χ4v) is 2.43. The lowest BCUT2D eigenvalue weighted by Gasteiger charge is -2.18. The van der Waals surface area contributed by atoms with Gasteiger partial charge in [0, 0.05) is 11.6 Å². The number of hydrogen-bond donors (Lipinski definition) is 3. The molecule has 8 heteroatoms. The van der Waals surface area contributed by atoms with Gasteiger partial charge in [0.1, 0.15) is 0 Å². The summed E-state index contributed by atoms with van der Waals surface area (Å²) < 4.78 is 0. The molecule has 1 saturated heterocycles. The standard InChI is InChI=1S/C16H22ClN5O2/c1-3-18-15(19-8-9-22-14(23)10-20-16(22)24)21-11(2)12-4-6-13(17)7-5-12/h4-7,11H,3,8-10H2,1-2H3,(H,20,24)(H2,18,19,21). The summed E-state index contributed by atoms with van der Waals surface area (Å²) in [5.74, 6) is 0.412. The second kappa shape index (κ2) is 8.54. The lowest BCUT2D eigenvalue weighted by molar-refractivity contribution is -0.124. The molecule has 1 atom stereocenters. The van der Waals surface area contributed by atoms with Gasteiger partial charge in [-0.25, -0.2) is 4.79 Å². The number of rotatable bonds is 6. The van der Waals surface area contributed by atoms with Gasteiger partial charge in [0.05, 0.1) is 25.7 Å². The number of carbonyl (C=O) groups is 2. The van der Waals surface area contributed by atoms with E-state index in [-0.39, 0.29) is 31.1 Å². The van der Waals surface area contributed by atoms with Gasteiger partial charge in [-0.3, -0.25) is 14.7 Å². The molecule has 1 fully saturated rings. The molecule has 3 amide bonds. The Morgan fingerprint density at radius 1 is 1.38 bits per heavy atom. The van der Waals surface area contributed by atoms with E-state index in [2.05, 4.69) is 20.9 Å². The molecule has 1 aromatic rings. The van der Waals surface area contributed by atoms with Crippen molar-refractivity contribution in [1.82, 2.24) is 20.9 Å². The Morgan fingerprint density at radius 3 is 2.67 bits per heavy atom. The highest BCUT2D eigenvalue weighted by Gasteiger charge is 2.27. The number of amides is 3. The van der Waals surface area contributed by atoms with E-state index in [9.17, 15) is 9.59 Å². The highest BCUT2D eigenvalue weighted by Crippen LogP contribution is 2.15. The average Bonchev–Trinajstić information content (AvgIpc) is 2.87. The maximum atomic E-state index is 11.5. The van der Waals surface area contributed by atoms with Crippen LogP contribution in [0.5, 0.6) is 0 Å². The summed E-state index contributed by atoms with van der Waals surface area (Å²) in [5, 5.41) is 9.63. The lowest BCUT2D eigenvalue weighted by Crippen LogP contribution is -2.40. The molecule has 0 aromatic heterocycles. The van der Waals surface area contributed by atoms with E-state index in [1.807, 2.05) is 38.1 Å². The Kier molecular flexibility index (Phi) is 6.43. The minimum atomic E-state index is -0.359. The van der Waals surface area contributed by atoms with E-state index >= 15 is 0 Å². The predicted octanol–water partition coefficient (Wildman–Crippen LogP) is 1.51. The number of imide groups is 1. The number of guanidine groups is 1. The van der Waals surface area contributed by atoms with Crippen LogP contribution in [-0.2, 0) is 4.79 Å². The average molecular weight is 352 g/mol. The third-order valence-electron chi connectivity index (χ3n) is 3.60. The number of aliphatic imine (C=N–C) groups is 1. The summed E-state index contributed by atoms with van der Waals surface area (Å²) in [6.07, 6.45) is 0. The SMILES string of the molecule is CCNC(=NCCN1C(=O)CNC1=O)NC(C)c1ccc(Cl)cc1. The van der Waals surface area contributed by atoms with Crippen molar-refractivity contribution in [3.8, 4) is 0 Å². The Bertz CT molecular complexity index is 601. The molecule has 2 rings (SSSR count). The maximum Gasteiger partial charge on any atom is 0.324 e. The smallest absolute Gasteiger partial charge is 0.324 e. The second-order valence-corrected chi connectivity index (χ2v) is 5.82. The molecular formula is C16H22ClN5O2. The molecule has 1 heterocycles. The van der Waals surface area contributed by atoms with Crippen LogP contribution < -0.4 is 16.0 Å². The van der Waals surface area contributed by atoms with E-state index in [1.165, 1.54) is 4.90 Å². The van der Waals surface area contributed by atoms with Crippen molar-refractivity contribution in [2.75, 3.05) is 26.2 Å². The third-order valence-corrected chi connectivity index (χ3v) is 3.85. The first-order chi connectivity index (χ1) is 11.5. The quantitative estimate of drug-likeness (QED) is 0.412. The zero-order chi connectivity index (χ0) is 17.5. The molecule has 1 aliphatic rings. The Balaban J connectivity index is 1.93. The van der Waals surface area contributed by atoms with E-state index < -0.39 is 0 Å². The summed E-state index contributed by atoms with van der Waals surface area (Å²) in [6.45, 7) is 5.37. The topological polar surface area (TPSA) is 85.8 Å². The number of nitrogens with one attached hydrogen (secondary N) is 3. The third kappa shape index (κ3) is 4.86. The predicted molar refractivity (Wildman–Crippen MR) is 94.1 cm³/mol. The van der Waals surface area contributed by atoms with E-state index in [4.69, 9.17) is 11.6 Å². The maximum absolute atomic E-state index is 11.5. The van der Waals surface area contributed by atoms with Crippen molar-refractivity contribution in [3.05, 3.63) is 34.9 Å². The summed E-state index contributed by atoms with van der Waals surface area (Å²) in [5.41, 5.74) is 1.08. The van der Waals surface area contributed by atoms with Gasteiger partial charge in [-0.2, -0.15) is 0 Å². The number of urea groups is 1. The number of hydrogen-bond acceptors (Lipinski definition) is 3. The molecule has 1 aromatic carbocycles. The number of nitrogens with zero attached hydrogens (tertiary/aromatic N) is 2. The molecule has 7 nitrogen and oxygen atoms in total. The molecule has 1 unspecified atom stereocenters. The van der Waals surface area contributed by atoms with Gasteiger partial charge in [-0.15, -0.1) is 0 Å². The molecule has 0 aliphatic carbocycles. The van der Waals surface area contributed by atoms with E-state index in [1.54, 1.807) is 0 Å². The van der Waals surface area contributed by atoms with Crippen LogP contribution in [0.1, 0.15) is 25.5 Å². The molecule has 0 saturated carbocycles. The van der Waals surface area contributed by atoms with Crippen LogP contribution in [0.3, 0.4) is 0 Å². The molecule has 1 aliphatic heterocycles. The van der Waals surface area contributed by atoms with Crippen LogP contribution in [0, 0.1) is 0 Å². The molecular weight excluding hydrogens is 330 g/mol. The highest BCUT2D eigenvalue weighted by atomic mass is 35.5. The van der Waals surface area contributed by atoms with E-state index in [0.29, 0.717) is 24.1 Å². The van der Waals surface area contributed by atoms with Gasteiger partial charge in [0.25, 0.3) is 0 Å². The first-order valence-electron chi connectivity index (χ1n) is 7.89. The minimum absolute atomic E-state index is 0.0387. The zero-order valence-corrected chi connectivity index (χ0v) is 14.6. The van der Waals surface area contributed by atoms with Gasteiger partial charge in [0.15, 0.2) is 5.96 Å². The monoisotopic (exact) mass is 351 g/mol. The summed E-state index contributed by atoms with van der Waals surface area (Å²) >= 11 is 5.90. The molecule has 24 heavy (non-hydrogen) atoms. The van der Waals surface area contributed by atoms with Crippen LogP contribution in [0.2, 0.25) is 5.02 Å². The first-order valence-corrected chi connectivity index (χ1v) is 8.27. The van der Waals surface area contributed by atoms with Gasteiger partial charge >= 0.3 is 6.03 Å². The Morgan fingerprint density at radius 2 is 2.08 bits per heavy atom. The fraction of sp³-hybridized carbons (Fsp3) is 0.438. The fourth-order valence-electron chi connectivity index (χ4n) is 2.30. The number of halogens is 1. The lowest BCUT2D eigenvalue weighted by atomic mass is 10.1. The molecule has 0 spiro atoms. The van der Waals surface area contributed by atoms with Gasteiger partial charge < -0.3 is 16.0 Å². The normalized spacial score (nSPS) is 16.1. The van der Waals surface area contributed by atoms with Crippen LogP contribution in [0.15, 0.2) is 29.3 Å². The van der Waals surface area contributed by atoms with Crippen LogP contribution >= 0.6 is 11.6 Å². The molecule has 3 N–H and O–H groups in total. The summed E-state index contributed by atoms with van der Waals surface area (Å²) in [7, 11) is 0. The van der Waals surface area contributed by atoms with Gasteiger partial charge in [0.2, 0.25) is 5.91 Å². The largest absolute Gasteiger partial charge is 0.357 e. The van der Waals surface area contributed by atoms with Crippen molar-refractivity contribution >= 4 is 29.5 Å². The number of benzene rings is 1. The number of carbonyl (C=O) groups excluding carboxylic acids is 2. The zero-order valence-electron chi connectivity index (χ0n) is 13.8. The van der Waals surface area contributed by atoms with Crippen LogP contribution in [-0.4, -0.2) is 49.0 Å². The summed E-state index contributed by atoms with van der Waals surface area (Å²) in [6, 6.07) is 7.28. The first kappa shape index (κ1) is 18.1. The van der Waals surface area contributed by atoms with Gasteiger partial charge in [-0.1, -0.05) is 23.7 Å². The van der Waals surface area contributed by atoms with Crippen molar-refractivity contribution in [3.63, 3.8) is 0 Å². The van der Waals surface area contributed by atoms with Crippen molar-refractivity contribution in [1.29, 1.82) is 0 Å². The van der Waals surface area contributed by atoms with E-state index in [0.717, 1.165) is 5.56 Å². The Hall–Kier alpha value is -2.28. The van der Waals surface area contributed by atoms with Crippen molar-refractivity contribution < 1.29 is 9.59 Å².